The summed E-state index contributed by atoms with van der Waals surface area (Å²) >= 11 is 1.28. The van der Waals surface area contributed by atoms with Crippen LogP contribution in [0.5, 0.6) is 0 Å². The Morgan fingerprint density at radius 2 is 1.81 bits per heavy atom. The molecule has 2 heterocycles. The van der Waals surface area contributed by atoms with Crippen LogP contribution >= 0.6 is 11.8 Å². The quantitative estimate of drug-likeness (QED) is 0.673. The van der Waals surface area contributed by atoms with E-state index in [1.54, 1.807) is 18.2 Å². The Hall–Kier alpha value is -2.65. The van der Waals surface area contributed by atoms with Gasteiger partial charge in [0.2, 0.25) is 5.91 Å². The van der Waals surface area contributed by atoms with Crippen molar-refractivity contribution in [1.82, 2.24) is 0 Å². The zero-order valence-electron chi connectivity index (χ0n) is 18.2. The number of nitrogens with zero attached hydrogens (tertiary/aromatic N) is 2. The molecule has 0 aliphatic carbocycles. The summed E-state index contributed by atoms with van der Waals surface area (Å²) in [5, 5.41) is 3.57. The summed E-state index contributed by atoms with van der Waals surface area (Å²) in [4.78, 5) is 31.1. The largest absolute Gasteiger partial charge is 0.325 e. The van der Waals surface area contributed by atoms with Crippen molar-refractivity contribution in [3.63, 3.8) is 0 Å². The topological polar surface area (TPSA) is 95.9 Å². The number of carbonyl (C=O) groups is 2. The number of benzene rings is 2. The minimum atomic E-state index is -3.18. The standard InChI is InChI=1S/C23H25N3O4S2/c1-14-6-4-7-15(2)22(14)25-21(28)11-31-23-24-19-12-32(29,30)13-20(19)26(23)18-9-5-8-17(10-18)16(3)27/h4-10,19-20H,11-13H2,1-3H3,(H,25,28)/t19-,20+/m1/s1. The number of aryl methyl sites for hydroxylation is 2. The van der Waals surface area contributed by atoms with Crippen LogP contribution in [-0.4, -0.2) is 54.6 Å². The maximum atomic E-state index is 12.7. The van der Waals surface area contributed by atoms with Gasteiger partial charge in [-0.2, -0.15) is 0 Å². The Morgan fingerprint density at radius 3 is 2.50 bits per heavy atom. The summed E-state index contributed by atoms with van der Waals surface area (Å²) in [7, 11) is -3.18. The molecule has 2 aromatic rings. The molecule has 0 aromatic heterocycles. The van der Waals surface area contributed by atoms with Crippen LogP contribution in [0.1, 0.15) is 28.4 Å². The van der Waals surface area contributed by atoms with Gasteiger partial charge in [0.05, 0.1) is 29.3 Å². The van der Waals surface area contributed by atoms with Gasteiger partial charge in [-0.05, 0) is 44.0 Å². The zero-order valence-corrected chi connectivity index (χ0v) is 19.8. The van der Waals surface area contributed by atoms with E-state index in [1.165, 1.54) is 18.7 Å². The molecule has 1 fully saturated rings. The number of ketones is 1. The number of carbonyl (C=O) groups excluding carboxylic acids is 2. The average Bonchev–Trinajstić information content (AvgIpc) is 3.20. The molecule has 32 heavy (non-hydrogen) atoms. The first-order valence-electron chi connectivity index (χ1n) is 10.3. The number of aliphatic imine (C=N–C) groups is 1. The molecule has 0 unspecified atom stereocenters. The highest BCUT2D eigenvalue weighted by atomic mass is 32.2. The van der Waals surface area contributed by atoms with E-state index in [4.69, 9.17) is 0 Å². The lowest BCUT2D eigenvalue weighted by Gasteiger charge is -2.26. The predicted molar refractivity (Wildman–Crippen MR) is 130 cm³/mol. The highest BCUT2D eigenvalue weighted by Crippen LogP contribution is 2.35. The average molecular weight is 472 g/mol. The number of para-hydroxylation sites is 1. The van der Waals surface area contributed by atoms with E-state index >= 15 is 0 Å². The number of amidine groups is 1. The van der Waals surface area contributed by atoms with Gasteiger partial charge in [-0.3, -0.25) is 14.6 Å². The lowest BCUT2D eigenvalue weighted by molar-refractivity contribution is -0.113. The Kier molecular flexibility index (Phi) is 6.13. The monoisotopic (exact) mass is 471 g/mol. The van der Waals surface area contributed by atoms with Gasteiger partial charge in [0.25, 0.3) is 0 Å². The molecule has 0 saturated carbocycles. The van der Waals surface area contributed by atoms with Gasteiger partial charge >= 0.3 is 0 Å². The van der Waals surface area contributed by atoms with Gasteiger partial charge in [0.15, 0.2) is 20.8 Å². The number of hydrogen-bond donors (Lipinski definition) is 1. The maximum absolute atomic E-state index is 12.7. The first-order valence-corrected chi connectivity index (χ1v) is 13.1. The van der Waals surface area contributed by atoms with Crippen LogP contribution in [0, 0.1) is 13.8 Å². The molecule has 0 radical (unpaired) electrons. The lowest BCUT2D eigenvalue weighted by atomic mass is 10.1. The molecular weight excluding hydrogens is 446 g/mol. The van der Waals surface area contributed by atoms with E-state index in [2.05, 4.69) is 10.3 Å². The number of anilines is 2. The van der Waals surface area contributed by atoms with Gasteiger partial charge in [0, 0.05) is 16.9 Å². The zero-order chi connectivity index (χ0) is 23.0. The van der Waals surface area contributed by atoms with Crippen LogP contribution in [0.3, 0.4) is 0 Å². The van der Waals surface area contributed by atoms with Crippen LogP contribution in [0.2, 0.25) is 0 Å². The Labute approximate surface area is 192 Å². The summed E-state index contributed by atoms with van der Waals surface area (Å²) < 4.78 is 24.4. The van der Waals surface area contributed by atoms with Crippen molar-refractivity contribution in [3.05, 3.63) is 59.2 Å². The number of nitrogens with one attached hydrogen (secondary N) is 1. The SMILES string of the molecule is CC(=O)c1cccc(N2C(SCC(=O)Nc3c(C)cccc3C)=N[C@@H]3CS(=O)(=O)C[C@@H]32)c1. The number of amides is 1. The first-order chi connectivity index (χ1) is 15.1. The molecular formula is C23H25N3O4S2. The van der Waals surface area contributed by atoms with Gasteiger partial charge in [-0.15, -0.1) is 0 Å². The van der Waals surface area contributed by atoms with E-state index < -0.39 is 9.84 Å². The van der Waals surface area contributed by atoms with Crippen LogP contribution < -0.4 is 10.2 Å². The minimum Gasteiger partial charge on any atom is -0.325 e. The third-order valence-electron chi connectivity index (χ3n) is 5.72. The molecule has 9 heteroatoms. The summed E-state index contributed by atoms with van der Waals surface area (Å²) in [5.41, 5.74) is 4.04. The third-order valence-corrected chi connectivity index (χ3v) is 8.38. The Morgan fingerprint density at radius 1 is 1.12 bits per heavy atom. The number of fused-ring (bicyclic) bond motifs is 1. The normalized spacial score (nSPS) is 21.2. The van der Waals surface area contributed by atoms with E-state index in [0.717, 1.165) is 16.8 Å². The number of rotatable bonds is 5. The molecule has 2 aliphatic rings. The fraction of sp³-hybridized carbons (Fsp3) is 0.348. The van der Waals surface area contributed by atoms with Crippen molar-refractivity contribution >= 4 is 49.8 Å². The van der Waals surface area contributed by atoms with Crippen LogP contribution in [0.25, 0.3) is 0 Å². The van der Waals surface area contributed by atoms with Crippen molar-refractivity contribution < 1.29 is 18.0 Å². The van der Waals surface area contributed by atoms with Crippen LogP contribution in [-0.2, 0) is 14.6 Å². The molecule has 2 atom stereocenters. The van der Waals surface area contributed by atoms with E-state index in [9.17, 15) is 18.0 Å². The van der Waals surface area contributed by atoms with Crippen LogP contribution in [0.15, 0.2) is 47.5 Å². The van der Waals surface area contributed by atoms with Crippen molar-refractivity contribution in [2.24, 2.45) is 4.99 Å². The van der Waals surface area contributed by atoms with E-state index in [-0.39, 0.29) is 41.0 Å². The predicted octanol–water partition coefficient (Wildman–Crippen LogP) is 3.22. The van der Waals surface area contributed by atoms with Crippen molar-refractivity contribution in [3.8, 4) is 0 Å². The molecule has 1 amide bonds. The second-order valence-corrected chi connectivity index (χ2v) is 11.3. The summed E-state index contributed by atoms with van der Waals surface area (Å²) in [6, 6.07) is 12.2. The fourth-order valence-electron chi connectivity index (χ4n) is 4.13. The Balaban J connectivity index is 1.55. The lowest BCUT2D eigenvalue weighted by Crippen LogP contribution is -2.39. The molecule has 7 nitrogen and oxygen atoms in total. The van der Waals surface area contributed by atoms with Crippen molar-refractivity contribution in [1.29, 1.82) is 0 Å². The molecule has 1 N–H and O–H groups in total. The molecule has 1 saturated heterocycles. The molecule has 2 aromatic carbocycles. The first kappa shape index (κ1) is 22.5. The molecule has 0 spiro atoms. The molecule has 168 valence electrons. The van der Waals surface area contributed by atoms with Crippen molar-refractivity contribution in [2.75, 3.05) is 27.5 Å². The number of sulfone groups is 1. The number of thioether (sulfide) groups is 1. The summed E-state index contributed by atoms with van der Waals surface area (Å²) in [5.74, 6) is -0.0802. The third kappa shape index (κ3) is 4.59. The smallest absolute Gasteiger partial charge is 0.234 e. The highest BCUT2D eigenvalue weighted by molar-refractivity contribution is 8.14. The number of hydrogen-bond acceptors (Lipinski definition) is 7. The van der Waals surface area contributed by atoms with Crippen molar-refractivity contribution in [2.45, 2.75) is 32.9 Å². The second-order valence-electron chi connectivity index (χ2n) is 8.20. The summed E-state index contributed by atoms with van der Waals surface area (Å²) in [6.07, 6.45) is 0. The molecule has 4 rings (SSSR count). The fourth-order valence-corrected chi connectivity index (χ4v) is 6.89. The Bertz CT molecular complexity index is 1200. The maximum Gasteiger partial charge on any atom is 0.234 e. The van der Waals surface area contributed by atoms with E-state index in [0.29, 0.717) is 16.4 Å². The van der Waals surface area contributed by atoms with Gasteiger partial charge in [-0.1, -0.05) is 42.1 Å². The summed E-state index contributed by atoms with van der Waals surface area (Å²) in [6.45, 7) is 5.39. The molecule has 2 aliphatic heterocycles. The number of Topliss-reactive ketones (excluding diaryl/α,β-unsaturated/α-hetero) is 1. The minimum absolute atomic E-state index is 0.000767. The highest BCUT2D eigenvalue weighted by Gasteiger charge is 2.47. The van der Waals surface area contributed by atoms with E-state index in [1.807, 2.05) is 43.0 Å². The molecule has 0 bridgehead atoms. The van der Waals surface area contributed by atoms with Gasteiger partial charge in [-0.25, -0.2) is 8.42 Å². The van der Waals surface area contributed by atoms with Crippen LogP contribution in [0.4, 0.5) is 11.4 Å². The second kappa shape index (κ2) is 8.71. The van der Waals surface area contributed by atoms with Gasteiger partial charge in [0.1, 0.15) is 0 Å². The van der Waals surface area contributed by atoms with Gasteiger partial charge < -0.3 is 10.2 Å².